The summed E-state index contributed by atoms with van der Waals surface area (Å²) in [6.45, 7) is 3.97. The van der Waals surface area contributed by atoms with E-state index in [1.165, 1.54) is 6.08 Å². The first-order valence-corrected chi connectivity index (χ1v) is 9.52. The van der Waals surface area contributed by atoms with Crippen LogP contribution in [-0.4, -0.2) is 34.3 Å². The molecule has 0 atom stereocenters. The number of halogens is 1. The Hall–Kier alpha value is -3.13. The molecule has 9 heteroatoms. The van der Waals surface area contributed by atoms with Gasteiger partial charge < -0.3 is 10.1 Å². The van der Waals surface area contributed by atoms with Gasteiger partial charge in [0.2, 0.25) is 0 Å². The third-order valence-electron chi connectivity index (χ3n) is 3.85. The number of carbonyl (C=O) groups excluding carboxylic acids is 3. The molecule has 0 aliphatic rings. The van der Waals surface area contributed by atoms with Gasteiger partial charge in [-0.25, -0.2) is 9.59 Å². The van der Waals surface area contributed by atoms with Crippen LogP contribution in [0.15, 0.2) is 36.4 Å². The Bertz CT molecular complexity index is 893. The highest BCUT2D eigenvalue weighted by molar-refractivity contribution is 6.31. The van der Waals surface area contributed by atoms with E-state index in [0.29, 0.717) is 28.6 Å². The van der Waals surface area contributed by atoms with Crippen LogP contribution in [-0.2, 0) is 20.9 Å². The van der Waals surface area contributed by atoms with Crippen molar-refractivity contribution in [3.05, 3.63) is 52.8 Å². The van der Waals surface area contributed by atoms with Gasteiger partial charge in [-0.15, -0.1) is 0 Å². The highest BCUT2D eigenvalue weighted by Gasteiger charge is 2.12. The van der Waals surface area contributed by atoms with Crippen molar-refractivity contribution in [3.63, 3.8) is 0 Å². The number of carbonyl (C=O) groups is 3. The molecule has 0 unspecified atom stereocenters. The molecular formula is C20H23ClN4O4. The summed E-state index contributed by atoms with van der Waals surface area (Å²) >= 11 is 6.29. The van der Waals surface area contributed by atoms with E-state index in [0.717, 1.165) is 18.9 Å². The predicted molar refractivity (Wildman–Crippen MR) is 110 cm³/mol. The first-order valence-electron chi connectivity index (χ1n) is 9.14. The van der Waals surface area contributed by atoms with Gasteiger partial charge in [0, 0.05) is 23.9 Å². The second-order valence-corrected chi connectivity index (χ2v) is 6.53. The number of hydrogen-bond acceptors (Lipinski definition) is 5. The van der Waals surface area contributed by atoms with Crippen molar-refractivity contribution in [3.8, 4) is 0 Å². The molecule has 1 aromatic heterocycles. The minimum absolute atomic E-state index is 0.440. The zero-order valence-electron chi connectivity index (χ0n) is 16.3. The number of anilines is 1. The van der Waals surface area contributed by atoms with Gasteiger partial charge in [-0.2, -0.15) is 5.10 Å². The van der Waals surface area contributed by atoms with Crippen molar-refractivity contribution in [2.75, 3.05) is 11.9 Å². The zero-order valence-corrected chi connectivity index (χ0v) is 17.0. The Morgan fingerprint density at radius 3 is 2.66 bits per heavy atom. The lowest BCUT2D eigenvalue weighted by Crippen LogP contribution is -2.37. The van der Waals surface area contributed by atoms with Crippen LogP contribution in [0, 0.1) is 6.92 Å². The summed E-state index contributed by atoms with van der Waals surface area (Å²) in [5.41, 5.74) is 1.83. The van der Waals surface area contributed by atoms with Gasteiger partial charge in [-0.05, 0) is 31.6 Å². The lowest BCUT2D eigenvalue weighted by atomic mass is 10.2. The molecule has 0 saturated carbocycles. The number of ether oxygens (including phenoxy) is 1. The first kappa shape index (κ1) is 22.2. The van der Waals surface area contributed by atoms with Crippen LogP contribution < -0.4 is 10.6 Å². The topological polar surface area (TPSA) is 102 Å². The number of nitrogens with zero attached hydrogens (tertiary/aromatic N) is 2. The first-order chi connectivity index (χ1) is 13.9. The zero-order chi connectivity index (χ0) is 21.2. The molecule has 0 bridgehead atoms. The van der Waals surface area contributed by atoms with E-state index in [2.05, 4.69) is 22.7 Å². The number of aryl methyl sites for hydroxylation is 2. The molecule has 2 N–H and O–H groups in total. The average molecular weight is 419 g/mol. The van der Waals surface area contributed by atoms with Gasteiger partial charge in [-0.1, -0.05) is 43.1 Å². The summed E-state index contributed by atoms with van der Waals surface area (Å²) in [6, 6.07) is 7.92. The van der Waals surface area contributed by atoms with Crippen molar-refractivity contribution in [2.45, 2.75) is 33.2 Å². The molecule has 1 aromatic carbocycles. The standard InChI is InChI=1S/C20H23ClN4O4/c1-3-4-12-25-19(21)16(14(2)24-25)10-11-18(27)29-13-17(26)23-20(28)22-15-8-6-5-7-9-15/h5-11H,3-4,12-13H2,1-2H3,(H2,22,23,26,28)/b11-10+. The van der Waals surface area contributed by atoms with Gasteiger partial charge >= 0.3 is 12.0 Å². The number of nitrogens with one attached hydrogen (secondary N) is 2. The molecule has 0 spiro atoms. The molecule has 0 radical (unpaired) electrons. The molecule has 0 aliphatic heterocycles. The summed E-state index contributed by atoms with van der Waals surface area (Å²) in [6.07, 6.45) is 4.62. The Balaban J connectivity index is 1.81. The smallest absolute Gasteiger partial charge is 0.331 e. The van der Waals surface area contributed by atoms with Crippen LogP contribution in [0.5, 0.6) is 0 Å². The van der Waals surface area contributed by atoms with E-state index in [1.807, 2.05) is 0 Å². The Morgan fingerprint density at radius 2 is 1.97 bits per heavy atom. The summed E-state index contributed by atoms with van der Waals surface area (Å²) in [5, 5.41) is 9.34. The summed E-state index contributed by atoms with van der Waals surface area (Å²) in [7, 11) is 0. The van der Waals surface area contributed by atoms with Gasteiger partial charge in [0.05, 0.1) is 5.69 Å². The molecule has 8 nitrogen and oxygen atoms in total. The predicted octanol–water partition coefficient (Wildman–Crippen LogP) is 3.55. The normalized spacial score (nSPS) is 10.7. The van der Waals surface area contributed by atoms with Crippen LogP contribution in [0.4, 0.5) is 10.5 Å². The molecular weight excluding hydrogens is 396 g/mol. The molecule has 0 aliphatic carbocycles. The lowest BCUT2D eigenvalue weighted by Gasteiger charge is -2.06. The summed E-state index contributed by atoms with van der Waals surface area (Å²) in [5.74, 6) is -1.48. The summed E-state index contributed by atoms with van der Waals surface area (Å²) in [4.78, 5) is 35.3. The van der Waals surface area contributed by atoms with Gasteiger partial charge in [0.25, 0.3) is 5.91 Å². The van der Waals surface area contributed by atoms with Crippen LogP contribution in [0.3, 0.4) is 0 Å². The number of esters is 1. The molecule has 0 saturated heterocycles. The van der Waals surface area contributed by atoms with Crippen molar-refractivity contribution < 1.29 is 19.1 Å². The van der Waals surface area contributed by atoms with Gasteiger partial charge in [0.1, 0.15) is 5.15 Å². The number of imide groups is 1. The van der Waals surface area contributed by atoms with E-state index >= 15 is 0 Å². The fourth-order valence-electron chi connectivity index (χ4n) is 2.40. The van der Waals surface area contributed by atoms with Crippen LogP contribution in [0.1, 0.15) is 31.0 Å². The largest absolute Gasteiger partial charge is 0.452 e. The quantitative estimate of drug-likeness (QED) is 0.504. The minimum Gasteiger partial charge on any atom is -0.452 e. The number of aromatic nitrogens is 2. The number of benzene rings is 1. The highest BCUT2D eigenvalue weighted by Crippen LogP contribution is 2.21. The van der Waals surface area contributed by atoms with E-state index in [-0.39, 0.29) is 0 Å². The number of unbranched alkanes of at least 4 members (excludes halogenated alkanes) is 1. The average Bonchev–Trinajstić information content (AvgIpc) is 2.96. The maximum absolute atomic E-state index is 11.8. The maximum atomic E-state index is 11.8. The third-order valence-corrected chi connectivity index (χ3v) is 4.25. The number of para-hydroxylation sites is 1. The highest BCUT2D eigenvalue weighted by atomic mass is 35.5. The van der Waals surface area contributed by atoms with Crippen molar-refractivity contribution in [2.24, 2.45) is 0 Å². The Labute approximate surface area is 173 Å². The second kappa shape index (κ2) is 11.0. The third kappa shape index (κ3) is 7.08. The van der Waals surface area contributed by atoms with Crippen LogP contribution >= 0.6 is 11.6 Å². The van der Waals surface area contributed by atoms with Crippen LogP contribution in [0.25, 0.3) is 6.08 Å². The van der Waals surface area contributed by atoms with Gasteiger partial charge in [0.15, 0.2) is 6.61 Å². The van der Waals surface area contributed by atoms with E-state index in [1.54, 1.807) is 41.9 Å². The van der Waals surface area contributed by atoms with Gasteiger partial charge in [-0.3, -0.25) is 14.8 Å². The molecule has 3 amide bonds. The number of rotatable bonds is 8. The second-order valence-electron chi connectivity index (χ2n) is 6.18. The van der Waals surface area contributed by atoms with E-state index < -0.39 is 24.5 Å². The number of urea groups is 1. The molecule has 1 heterocycles. The van der Waals surface area contributed by atoms with Crippen molar-refractivity contribution in [1.29, 1.82) is 0 Å². The maximum Gasteiger partial charge on any atom is 0.331 e. The van der Waals surface area contributed by atoms with Crippen molar-refractivity contribution in [1.82, 2.24) is 15.1 Å². The molecule has 2 rings (SSSR count). The fourth-order valence-corrected chi connectivity index (χ4v) is 2.72. The van der Waals surface area contributed by atoms with Crippen molar-refractivity contribution >= 4 is 41.3 Å². The lowest BCUT2D eigenvalue weighted by molar-refractivity contribution is -0.143. The molecule has 154 valence electrons. The molecule has 0 fully saturated rings. The number of hydrogen-bond donors (Lipinski definition) is 2. The molecule has 2 aromatic rings. The van der Waals surface area contributed by atoms with E-state index in [4.69, 9.17) is 16.3 Å². The Morgan fingerprint density at radius 1 is 1.24 bits per heavy atom. The van der Waals surface area contributed by atoms with E-state index in [9.17, 15) is 14.4 Å². The number of amides is 3. The SMILES string of the molecule is CCCCn1nc(C)c(/C=C/C(=O)OCC(=O)NC(=O)Nc2ccccc2)c1Cl. The fraction of sp³-hybridized carbons (Fsp3) is 0.300. The Kier molecular flexibility index (Phi) is 8.42. The monoisotopic (exact) mass is 418 g/mol. The van der Waals surface area contributed by atoms with Crippen LogP contribution in [0.2, 0.25) is 5.15 Å². The minimum atomic E-state index is -0.748. The molecule has 29 heavy (non-hydrogen) atoms. The summed E-state index contributed by atoms with van der Waals surface area (Å²) < 4.78 is 6.52.